The Labute approximate surface area is 211 Å². The number of hydrogen-bond donors (Lipinski definition) is 6. The summed E-state index contributed by atoms with van der Waals surface area (Å²) < 4.78 is 0. The monoisotopic (exact) mass is 466 g/mol. The van der Waals surface area contributed by atoms with Gasteiger partial charge in [-0.3, -0.25) is 19.4 Å². The van der Waals surface area contributed by atoms with Crippen molar-refractivity contribution in [2.75, 3.05) is 17.6 Å². The van der Waals surface area contributed by atoms with E-state index < -0.39 is 23.9 Å². The minimum atomic E-state index is -1.28. The molecule has 2 atom stereocenters. The molecule has 7 N–H and O–H groups in total. The molecular weight excluding hydrogens is 441 g/mol. The molecule has 1 aromatic heterocycles. The molecule has 11 nitrogen and oxygen atoms in total. The number of hydrogen-bond acceptors (Lipinski definition) is 7. The third-order valence-corrected chi connectivity index (χ3v) is 5.39. The maximum atomic E-state index is 12.3. The number of H-pyrrole nitrogens is 1. The van der Waals surface area contributed by atoms with Gasteiger partial charge in [-0.15, -0.1) is 0 Å². The molecular formula is C21H25N5NaO6. The Hall–Kier alpha value is -2.89. The van der Waals surface area contributed by atoms with Gasteiger partial charge in [0.25, 0.3) is 11.5 Å². The molecule has 1 aromatic carbocycles. The minimum absolute atomic E-state index is 0. The van der Waals surface area contributed by atoms with Crippen LogP contribution in [0.15, 0.2) is 29.1 Å². The molecule has 0 fully saturated rings. The number of carboxylic acid groups (broad SMARTS) is 2. The number of carbonyl (C=O) groups excluding carboxylic acids is 1. The van der Waals surface area contributed by atoms with Crippen LogP contribution >= 0.6 is 0 Å². The van der Waals surface area contributed by atoms with E-state index in [1.54, 1.807) is 24.3 Å². The fourth-order valence-electron chi connectivity index (χ4n) is 3.62. The molecule has 0 bridgehead atoms. The molecule has 0 aliphatic carbocycles. The molecule has 1 aliphatic rings. The van der Waals surface area contributed by atoms with E-state index in [1.807, 2.05) is 0 Å². The molecule has 0 spiro atoms. The fourth-order valence-corrected chi connectivity index (χ4v) is 3.62. The number of carboxylic acids is 2. The number of nitrogens with one attached hydrogen (secondary N) is 3. The normalized spacial score (nSPS) is 15.3. The number of aromatic nitrogens is 2. The van der Waals surface area contributed by atoms with Crippen molar-refractivity contribution in [2.24, 2.45) is 5.92 Å². The van der Waals surface area contributed by atoms with Gasteiger partial charge in [0.2, 0.25) is 5.95 Å². The largest absolute Gasteiger partial charge is 0.481 e. The van der Waals surface area contributed by atoms with Crippen LogP contribution in [0.3, 0.4) is 0 Å². The topological polar surface area (TPSA) is 187 Å². The molecule has 1 amide bonds. The molecule has 33 heavy (non-hydrogen) atoms. The van der Waals surface area contributed by atoms with Crippen LogP contribution in [0, 0.1) is 5.92 Å². The van der Waals surface area contributed by atoms with Crippen LogP contribution in [-0.4, -0.2) is 80.2 Å². The number of anilines is 2. The van der Waals surface area contributed by atoms with Gasteiger partial charge in [0.1, 0.15) is 11.9 Å². The van der Waals surface area contributed by atoms with Gasteiger partial charge in [0, 0.05) is 48.1 Å². The summed E-state index contributed by atoms with van der Waals surface area (Å²) in [6, 6.07) is 5.52. The first-order valence-corrected chi connectivity index (χ1v) is 10.2. The summed E-state index contributed by atoms with van der Waals surface area (Å²) in [7, 11) is 0. The number of fused-ring (bicyclic) bond motifs is 1. The van der Waals surface area contributed by atoms with Crippen LogP contribution < -0.4 is 21.9 Å². The first kappa shape index (κ1) is 26.4. The van der Waals surface area contributed by atoms with Crippen molar-refractivity contribution in [3.63, 3.8) is 0 Å². The minimum Gasteiger partial charge on any atom is -0.481 e. The maximum absolute atomic E-state index is 12.3. The van der Waals surface area contributed by atoms with Crippen LogP contribution in [0.1, 0.15) is 40.7 Å². The average molecular weight is 466 g/mol. The Kier molecular flexibility index (Phi) is 9.44. The average Bonchev–Trinajstić information content (AvgIpc) is 2.75. The Morgan fingerprint density at radius 3 is 2.55 bits per heavy atom. The third kappa shape index (κ3) is 7.31. The number of nitrogens with two attached hydrogens (primary N) is 1. The van der Waals surface area contributed by atoms with E-state index in [1.165, 1.54) is 0 Å². The van der Waals surface area contributed by atoms with Gasteiger partial charge in [-0.05, 0) is 49.3 Å². The van der Waals surface area contributed by atoms with Crippen molar-refractivity contribution in [1.29, 1.82) is 0 Å². The molecule has 2 aromatic rings. The van der Waals surface area contributed by atoms with Crippen molar-refractivity contribution in [3.05, 3.63) is 51.3 Å². The molecule has 171 valence electrons. The third-order valence-electron chi connectivity index (χ3n) is 5.39. The van der Waals surface area contributed by atoms with E-state index in [0.29, 0.717) is 29.9 Å². The van der Waals surface area contributed by atoms with Crippen molar-refractivity contribution in [1.82, 2.24) is 15.3 Å². The Balaban J connectivity index is 0.00000385. The zero-order valence-corrected chi connectivity index (χ0v) is 20.3. The number of aryl methyl sites for hydroxylation is 1. The summed E-state index contributed by atoms with van der Waals surface area (Å²) in [6.45, 7) is 0.677. The molecule has 1 radical (unpaired) electrons. The number of aliphatic carboxylic acids is 2. The number of rotatable bonds is 9. The Morgan fingerprint density at radius 2 is 1.91 bits per heavy atom. The second-order valence-electron chi connectivity index (χ2n) is 7.76. The molecule has 0 saturated heterocycles. The number of aromatic amines is 1. The van der Waals surface area contributed by atoms with Crippen LogP contribution in [0.5, 0.6) is 0 Å². The predicted molar refractivity (Wildman–Crippen MR) is 121 cm³/mol. The van der Waals surface area contributed by atoms with Crippen LogP contribution in [0.4, 0.5) is 11.8 Å². The number of carbonyl (C=O) groups is 3. The van der Waals surface area contributed by atoms with E-state index in [-0.39, 0.29) is 59.8 Å². The number of nitrogen functional groups attached to an aromatic ring is 1. The Bertz CT molecular complexity index is 1070. The van der Waals surface area contributed by atoms with Gasteiger partial charge >= 0.3 is 11.9 Å². The van der Waals surface area contributed by atoms with Gasteiger partial charge in [-0.1, -0.05) is 12.1 Å². The van der Waals surface area contributed by atoms with Gasteiger partial charge < -0.3 is 26.6 Å². The van der Waals surface area contributed by atoms with Crippen LogP contribution in [0.25, 0.3) is 0 Å². The molecule has 2 heterocycles. The maximum Gasteiger partial charge on any atom is 0.326 e. The summed E-state index contributed by atoms with van der Waals surface area (Å²) >= 11 is 0. The quantitative estimate of drug-likeness (QED) is 0.281. The smallest absolute Gasteiger partial charge is 0.326 e. The zero-order chi connectivity index (χ0) is 23.3. The van der Waals surface area contributed by atoms with Crippen LogP contribution in [0.2, 0.25) is 0 Å². The summed E-state index contributed by atoms with van der Waals surface area (Å²) in [5.74, 6) is -2.13. The zero-order valence-electron chi connectivity index (χ0n) is 18.3. The second-order valence-corrected chi connectivity index (χ2v) is 7.76. The van der Waals surface area contributed by atoms with Crippen molar-refractivity contribution < 1.29 is 24.6 Å². The fraction of sp³-hybridized carbons (Fsp3) is 0.381. The van der Waals surface area contributed by atoms with E-state index in [2.05, 4.69) is 20.6 Å². The molecule has 0 saturated carbocycles. The van der Waals surface area contributed by atoms with Gasteiger partial charge in [0.15, 0.2) is 0 Å². The molecule has 2 unspecified atom stereocenters. The molecule has 3 rings (SSSR count). The van der Waals surface area contributed by atoms with E-state index >= 15 is 0 Å². The summed E-state index contributed by atoms with van der Waals surface area (Å²) in [6.07, 6.45) is 1.60. The van der Waals surface area contributed by atoms with Crippen molar-refractivity contribution in [2.45, 2.75) is 38.1 Å². The summed E-state index contributed by atoms with van der Waals surface area (Å²) in [5, 5.41) is 23.4. The van der Waals surface area contributed by atoms with Crippen molar-refractivity contribution >= 4 is 59.2 Å². The Morgan fingerprint density at radius 1 is 1.21 bits per heavy atom. The van der Waals surface area contributed by atoms with Crippen LogP contribution in [-0.2, 0) is 22.4 Å². The van der Waals surface area contributed by atoms with Gasteiger partial charge in [-0.2, -0.15) is 4.98 Å². The van der Waals surface area contributed by atoms with Gasteiger partial charge in [-0.25, -0.2) is 4.79 Å². The molecule has 12 heteroatoms. The first-order valence-electron chi connectivity index (χ1n) is 10.2. The van der Waals surface area contributed by atoms with E-state index in [4.69, 9.17) is 15.9 Å². The summed E-state index contributed by atoms with van der Waals surface area (Å²) in [4.78, 5) is 52.9. The summed E-state index contributed by atoms with van der Waals surface area (Å²) in [5.41, 5.74) is 7.22. The first-order chi connectivity index (χ1) is 15.2. The number of nitrogens with zero attached hydrogens (tertiary/aromatic N) is 1. The number of benzene rings is 1. The second kappa shape index (κ2) is 11.8. The van der Waals surface area contributed by atoms with Crippen molar-refractivity contribution in [3.8, 4) is 0 Å². The van der Waals surface area contributed by atoms with E-state index in [9.17, 15) is 19.2 Å². The molecule has 1 aliphatic heterocycles. The van der Waals surface area contributed by atoms with Gasteiger partial charge in [0.05, 0.1) is 5.56 Å². The SMILES string of the molecule is Nc1nc2c(c(=O)[nH]1)CC(CCc1ccc(C(=O)NC(CCC(=O)O)C(=O)O)cc1)CN2.[Na]. The number of amides is 1. The predicted octanol–water partition coefficient (Wildman–Crippen LogP) is 0.236. The van der Waals surface area contributed by atoms with E-state index in [0.717, 1.165) is 18.4 Å². The standard InChI is InChI=1S/C21H25N5O6.Na/c22-21-25-17-14(19(30)26-21)9-12(10-23-17)2-1-11-3-5-13(6-4-11)18(29)24-15(20(31)32)7-8-16(27)28;/h3-6,12,15H,1-2,7-10H2,(H,24,29)(H,27,28)(H,31,32)(H4,22,23,25,26,30);.